The zero-order valence-corrected chi connectivity index (χ0v) is 20.9. The topological polar surface area (TPSA) is 95.9 Å². The number of para-hydroxylation sites is 1. The van der Waals surface area contributed by atoms with Crippen LogP contribution in [0.5, 0.6) is 0 Å². The highest BCUT2D eigenvalue weighted by Crippen LogP contribution is 2.46. The zero-order valence-electron chi connectivity index (χ0n) is 20.9. The summed E-state index contributed by atoms with van der Waals surface area (Å²) < 4.78 is 5.37. The van der Waals surface area contributed by atoms with Crippen LogP contribution >= 0.6 is 0 Å². The maximum absolute atomic E-state index is 13.2. The summed E-state index contributed by atoms with van der Waals surface area (Å²) in [4.78, 5) is 20.5. The van der Waals surface area contributed by atoms with Crippen LogP contribution in [0.25, 0.3) is 21.8 Å². The Bertz CT molecular complexity index is 1460. The van der Waals surface area contributed by atoms with E-state index in [1.165, 1.54) is 45.8 Å². The van der Waals surface area contributed by atoms with Crippen molar-refractivity contribution >= 4 is 27.8 Å². The molecule has 5 N–H and O–H groups in total. The summed E-state index contributed by atoms with van der Waals surface area (Å²) in [6.07, 6.45) is 6.75. The quantitative estimate of drug-likeness (QED) is 0.253. The summed E-state index contributed by atoms with van der Waals surface area (Å²) >= 11 is 0. The van der Waals surface area contributed by atoms with Gasteiger partial charge in [-0.3, -0.25) is 4.79 Å². The second-order valence-corrected chi connectivity index (χ2v) is 10.2. The van der Waals surface area contributed by atoms with E-state index in [-0.39, 0.29) is 29.8 Å². The first-order chi connectivity index (χ1) is 17.6. The van der Waals surface area contributed by atoms with Gasteiger partial charge in [0, 0.05) is 52.2 Å². The van der Waals surface area contributed by atoms with Crippen LogP contribution in [0.4, 0.5) is 0 Å². The van der Waals surface area contributed by atoms with E-state index >= 15 is 0 Å². The Hall–Kier alpha value is -3.35. The van der Waals surface area contributed by atoms with E-state index in [0.29, 0.717) is 6.54 Å². The fourth-order valence-corrected chi connectivity index (χ4v) is 6.71. The van der Waals surface area contributed by atoms with Crippen molar-refractivity contribution < 1.29 is 9.53 Å². The van der Waals surface area contributed by atoms with Gasteiger partial charge in [0.25, 0.3) is 0 Å². The van der Waals surface area contributed by atoms with E-state index in [0.717, 1.165) is 36.8 Å². The molecule has 4 aromatic rings. The molecule has 2 bridgehead atoms. The second-order valence-electron chi connectivity index (χ2n) is 10.2. The number of carbonyl (C=O) groups is 1. The van der Waals surface area contributed by atoms with Crippen molar-refractivity contribution in [1.82, 2.24) is 15.3 Å². The summed E-state index contributed by atoms with van der Waals surface area (Å²) in [6, 6.07) is 15.3. The molecule has 1 fully saturated rings. The maximum Gasteiger partial charge on any atom is 0.310 e. The van der Waals surface area contributed by atoms with Crippen molar-refractivity contribution in [3.63, 3.8) is 0 Å². The number of benzene rings is 2. The molecule has 3 heterocycles. The predicted octanol–water partition coefficient (Wildman–Crippen LogP) is 4.55. The molecular formula is C30H34N4O2. The molecule has 0 amide bonds. The number of aromatic amines is 2. The first kappa shape index (κ1) is 23.1. The number of esters is 1. The molecule has 0 spiro atoms. The van der Waals surface area contributed by atoms with Gasteiger partial charge in [-0.15, -0.1) is 0 Å². The van der Waals surface area contributed by atoms with Gasteiger partial charge in [-0.1, -0.05) is 42.0 Å². The first-order valence-corrected chi connectivity index (χ1v) is 13.0. The van der Waals surface area contributed by atoms with Crippen molar-refractivity contribution in [2.75, 3.05) is 20.2 Å². The number of hydrogen-bond donors (Lipinski definition) is 4. The highest BCUT2D eigenvalue weighted by Gasteiger charge is 2.45. The number of rotatable bonds is 4. The smallest absolute Gasteiger partial charge is 0.310 e. The number of ether oxygens (including phenoxy) is 1. The largest absolute Gasteiger partial charge is 0.469 e. The van der Waals surface area contributed by atoms with Crippen molar-refractivity contribution in [3.05, 3.63) is 82.7 Å². The molecule has 6 heteroatoms. The Kier molecular flexibility index (Phi) is 5.94. The van der Waals surface area contributed by atoms with E-state index in [9.17, 15) is 4.79 Å². The molecule has 6 rings (SSSR count). The van der Waals surface area contributed by atoms with E-state index in [1.54, 1.807) is 0 Å². The molecule has 1 aliphatic carbocycles. The fourth-order valence-electron chi connectivity index (χ4n) is 6.71. The minimum Gasteiger partial charge on any atom is -0.469 e. The summed E-state index contributed by atoms with van der Waals surface area (Å²) in [7, 11) is 1.51. The van der Waals surface area contributed by atoms with Gasteiger partial charge >= 0.3 is 5.97 Å². The Morgan fingerprint density at radius 3 is 2.83 bits per heavy atom. The maximum atomic E-state index is 13.2. The third-order valence-electron chi connectivity index (χ3n) is 8.47. The fraction of sp³-hybridized carbons (Fsp3) is 0.367. The van der Waals surface area contributed by atoms with Gasteiger partial charge in [0.15, 0.2) is 0 Å². The minimum atomic E-state index is -0.218. The number of hydrogen-bond acceptors (Lipinski definition) is 4. The molecule has 36 heavy (non-hydrogen) atoms. The molecule has 1 aliphatic heterocycles. The van der Waals surface area contributed by atoms with Gasteiger partial charge in [-0.2, -0.15) is 0 Å². The normalized spacial score (nSPS) is 25.0. The van der Waals surface area contributed by atoms with Crippen LogP contribution in [0.3, 0.4) is 0 Å². The van der Waals surface area contributed by atoms with Crippen LogP contribution in [0.15, 0.2) is 60.3 Å². The van der Waals surface area contributed by atoms with Gasteiger partial charge in [0.2, 0.25) is 0 Å². The molecule has 0 unspecified atom stereocenters. The van der Waals surface area contributed by atoms with Crippen molar-refractivity contribution in [1.29, 1.82) is 0 Å². The highest BCUT2D eigenvalue weighted by atomic mass is 16.5. The van der Waals surface area contributed by atoms with Crippen molar-refractivity contribution in [3.8, 4) is 0 Å². The van der Waals surface area contributed by atoms with Gasteiger partial charge in [0.1, 0.15) is 0 Å². The summed E-state index contributed by atoms with van der Waals surface area (Å²) in [5.74, 6) is -0.0934. The number of nitrogens with one attached hydrogen (secondary N) is 3. The Morgan fingerprint density at radius 2 is 2.03 bits per heavy atom. The molecule has 0 saturated carbocycles. The molecule has 186 valence electrons. The number of fused-ring (bicyclic) bond motifs is 6. The Labute approximate surface area is 211 Å². The standard InChI is InChI=1S/C30H34N4O2/c1-3-17-15-33-27-14-24-21-6-4-5-7-25(21)34-29(24)23(13-22(17)28(27)30(35)36-2)18-8-9-20-19(10-11-31)16-32-26(20)12-18/h3-9,12,16,22-23,27-28,32-34H,10-11,13-15,31H2,1-2H3/b17-3-/t22-,23-,27-,28-/m0/s1. The van der Waals surface area contributed by atoms with Crippen LogP contribution < -0.4 is 11.1 Å². The van der Waals surface area contributed by atoms with Crippen molar-refractivity contribution in [2.45, 2.75) is 38.1 Å². The van der Waals surface area contributed by atoms with Gasteiger partial charge in [-0.05, 0) is 67.5 Å². The van der Waals surface area contributed by atoms with Crippen LogP contribution in [0.1, 0.15) is 41.6 Å². The number of piperidine rings is 1. The average molecular weight is 483 g/mol. The van der Waals surface area contributed by atoms with Gasteiger partial charge < -0.3 is 25.8 Å². The number of H-pyrrole nitrogens is 2. The molecular weight excluding hydrogens is 448 g/mol. The zero-order chi connectivity index (χ0) is 24.8. The Balaban J connectivity index is 1.55. The molecule has 2 aliphatic rings. The third kappa shape index (κ3) is 3.67. The number of methoxy groups -OCH3 is 1. The number of carbonyl (C=O) groups excluding carboxylic acids is 1. The third-order valence-corrected chi connectivity index (χ3v) is 8.47. The lowest BCUT2D eigenvalue weighted by Crippen LogP contribution is -2.53. The number of allylic oxidation sites excluding steroid dienone is 1. The Morgan fingerprint density at radius 1 is 1.17 bits per heavy atom. The molecule has 2 aromatic heterocycles. The average Bonchev–Trinajstić information content (AvgIpc) is 3.47. The molecule has 0 radical (unpaired) electrons. The second kappa shape index (κ2) is 9.26. The number of aromatic nitrogens is 2. The van der Waals surface area contributed by atoms with E-state index in [1.807, 2.05) is 0 Å². The van der Waals surface area contributed by atoms with Crippen molar-refractivity contribution in [2.24, 2.45) is 17.6 Å². The molecule has 4 atom stereocenters. The van der Waals surface area contributed by atoms with E-state index in [2.05, 4.69) is 76.9 Å². The highest BCUT2D eigenvalue weighted by molar-refractivity contribution is 5.87. The summed E-state index contributed by atoms with van der Waals surface area (Å²) in [6.45, 7) is 3.52. The predicted molar refractivity (Wildman–Crippen MR) is 144 cm³/mol. The monoisotopic (exact) mass is 482 g/mol. The number of nitrogens with two attached hydrogens (primary N) is 1. The minimum absolute atomic E-state index is 0.0368. The molecule has 2 aromatic carbocycles. The van der Waals surface area contributed by atoms with Gasteiger partial charge in [-0.25, -0.2) is 0 Å². The molecule has 6 nitrogen and oxygen atoms in total. The molecule has 1 saturated heterocycles. The first-order valence-electron chi connectivity index (χ1n) is 13.0. The van der Waals surface area contributed by atoms with Crippen LogP contribution in [-0.2, 0) is 22.4 Å². The van der Waals surface area contributed by atoms with Crippen LogP contribution in [-0.4, -0.2) is 42.2 Å². The lowest BCUT2D eigenvalue weighted by Gasteiger charge is -2.42. The lowest BCUT2D eigenvalue weighted by molar-refractivity contribution is -0.149. The van der Waals surface area contributed by atoms with Gasteiger partial charge in [0.05, 0.1) is 13.0 Å². The SMILES string of the molecule is C/C=C1/CN[C@H]2Cc3c([nH]c4ccccc34)[C@H](c3ccc4c(CCN)c[nH]c4c3)C[C@@H]1[C@@H]2C(=O)OC. The van der Waals surface area contributed by atoms with E-state index in [4.69, 9.17) is 10.5 Å². The summed E-state index contributed by atoms with van der Waals surface area (Å²) in [5.41, 5.74) is 14.5. The van der Waals surface area contributed by atoms with E-state index < -0.39 is 0 Å². The lowest BCUT2D eigenvalue weighted by atomic mass is 9.68. The van der Waals surface area contributed by atoms with Crippen LogP contribution in [0, 0.1) is 11.8 Å². The van der Waals surface area contributed by atoms with Crippen LogP contribution in [0.2, 0.25) is 0 Å². The summed E-state index contributed by atoms with van der Waals surface area (Å²) in [5, 5.41) is 6.15.